The first-order valence-corrected chi connectivity index (χ1v) is 9.27. The molecule has 1 atom stereocenters. The van der Waals surface area contributed by atoms with Gasteiger partial charge in [-0.3, -0.25) is 4.90 Å². The van der Waals surface area contributed by atoms with Crippen molar-refractivity contribution in [2.24, 2.45) is 0 Å². The van der Waals surface area contributed by atoms with Gasteiger partial charge in [0.1, 0.15) is 11.9 Å². The van der Waals surface area contributed by atoms with E-state index in [4.69, 9.17) is 15.2 Å². The van der Waals surface area contributed by atoms with Crippen molar-refractivity contribution in [2.75, 3.05) is 55.0 Å². The van der Waals surface area contributed by atoms with Crippen molar-refractivity contribution in [1.82, 2.24) is 19.9 Å². The van der Waals surface area contributed by atoms with Gasteiger partial charge in [-0.05, 0) is 0 Å². The van der Waals surface area contributed by atoms with Crippen LogP contribution in [0.1, 0.15) is 5.69 Å². The maximum atomic E-state index is 13.6. The Morgan fingerprint density at radius 2 is 1.97 bits per heavy atom. The number of nitrogens with two attached hydrogens (primary N) is 1. The highest BCUT2D eigenvalue weighted by atomic mass is 19.4. The van der Waals surface area contributed by atoms with E-state index < -0.39 is 42.2 Å². The fourth-order valence-corrected chi connectivity index (χ4v) is 3.21. The van der Waals surface area contributed by atoms with Crippen molar-refractivity contribution >= 4 is 23.8 Å². The first kappa shape index (κ1) is 21.0. The molecule has 0 saturated carbocycles. The summed E-state index contributed by atoms with van der Waals surface area (Å²) in [7, 11) is 0. The van der Waals surface area contributed by atoms with Crippen LogP contribution in [0.25, 0.3) is 11.3 Å². The SMILES string of the molecule is Nc1ncc(-c2cc(N3C[C@H](CO)OC3=O)nc(N3CCOCC3)n2)c(C(F)(F)F)n1. The predicted octanol–water partition coefficient (Wildman–Crippen LogP) is 0.689. The maximum Gasteiger partial charge on any atom is 0.434 e. The summed E-state index contributed by atoms with van der Waals surface area (Å²) in [4.78, 5) is 30.7. The van der Waals surface area contributed by atoms with E-state index in [1.807, 2.05) is 0 Å². The second-order valence-corrected chi connectivity index (χ2v) is 6.80. The number of carbonyl (C=O) groups is 1. The zero-order valence-electron chi connectivity index (χ0n) is 16.0. The Morgan fingerprint density at radius 1 is 1.23 bits per heavy atom. The molecule has 1 amide bonds. The number of cyclic esters (lactones) is 1. The van der Waals surface area contributed by atoms with E-state index in [1.54, 1.807) is 4.90 Å². The number of hydrogen-bond acceptors (Lipinski definition) is 10. The van der Waals surface area contributed by atoms with Crippen LogP contribution in [0.4, 0.5) is 35.7 Å². The van der Waals surface area contributed by atoms with Crippen LogP contribution in [-0.4, -0.2) is 76.7 Å². The average molecular weight is 441 g/mol. The topological polar surface area (TPSA) is 140 Å². The monoisotopic (exact) mass is 441 g/mol. The lowest BCUT2D eigenvalue weighted by molar-refractivity contribution is -0.140. The van der Waals surface area contributed by atoms with Crippen LogP contribution in [0, 0.1) is 0 Å². The van der Waals surface area contributed by atoms with E-state index in [9.17, 15) is 23.1 Å². The third-order valence-electron chi connectivity index (χ3n) is 4.70. The molecule has 0 spiro atoms. The van der Waals surface area contributed by atoms with Crippen LogP contribution >= 0.6 is 0 Å². The lowest BCUT2D eigenvalue weighted by Gasteiger charge is -2.28. The molecular formula is C17H18F3N7O4. The van der Waals surface area contributed by atoms with E-state index in [1.165, 1.54) is 6.07 Å². The van der Waals surface area contributed by atoms with Gasteiger partial charge in [-0.15, -0.1) is 0 Å². The molecule has 2 saturated heterocycles. The smallest absolute Gasteiger partial charge is 0.434 e. The van der Waals surface area contributed by atoms with E-state index in [0.29, 0.717) is 26.3 Å². The standard InChI is InChI=1S/C17H18F3N7O4/c18-17(19,20)13-10(6-22-14(21)25-13)11-5-12(27-7-9(8-28)31-16(27)29)24-15(23-11)26-1-3-30-4-2-26/h5-6,9,28H,1-4,7-8H2,(H2,21,22,25)/t9-/m1/s1. The number of amides is 1. The number of ether oxygens (including phenoxy) is 2. The zero-order valence-corrected chi connectivity index (χ0v) is 16.0. The molecule has 0 unspecified atom stereocenters. The molecule has 166 valence electrons. The Labute approximate surface area is 173 Å². The van der Waals surface area contributed by atoms with Crippen molar-refractivity contribution in [3.8, 4) is 11.3 Å². The van der Waals surface area contributed by atoms with Crippen molar-refractivity contribution < 1.29 is 32.5 Å². The molecule has 2 aliphatic heterocycles. The molecule has 4 heterocycles. The van der Waals surface area contributed by atoms with Gasteiger partial charge in [0.05, 0.1) is 32.1 Å². The van der Waals surface area contributed by atoms with Gasteiger partial charge in [0.15, 0.2) is 5.69 Å². The lowest BCUT2D eigenvalue weighted by atomic mass is 10.1. The third kappa shape index (κ3) is 4.29. The second-order valence-electron chi connectivity index (χ2n) is 6.80. The molecule has 14 heteroatoms. The molecule has 31 heavy (non-hydrogen) atoms. The number of carbonyl (C=O) groups excluding carboxylic acids is 1. The van der Waals surface area contributed by atoms with E-state index in [0.717, 1.165) is 11.1 Å². The number of anilines is 3. The first-order valence-electron chi connectivity index (χ1n) is 9.27. The normalized spacial score (nSPS) is 19.6. The van der Waals surface area contributed by atoms with Gasteiger partial charge >= 0.3 is 12.3 Å². The fraction of sp³-hybridized carbons (Fsp3) is 0.471. The molecule has 2 aliphatic rings. The largest absolute Gasteiger partial charge is 0.441 e. The Bertz CT molecular complexity index is 985. The number of nitrogens with zero attached hydrogens (tertiary/aromatic N) is 6. The minimum Gasteiger partial charge on any atom is -0.441 e. The molecule has 4 rings (SSSR count). The van der Waals surface area contributed by atoms with Gasteiger partial charge in [-0.2, -0.15) is 18.2 Å². The van der Waals surface area contributed by atoms with E-state index in [2.05, 4.69) is 19.9 Å². The minimum absolute atomic E-state index is 0.0152. The van der Waals surface area contributed by atoms with Crippen LogP contribution in [0.2, 0.25) is 0 Å². The summed E-state index contributed by atoms with van der Waals surface area (Å²) in [5.41, 5.74) is 3.55. The van der Waals surface area contributed by atoms with Gasteiger partial charge in [-0.1, -0.05) is 0 Å². The summed E-state index contributed by atoms with van der Waals surface area (Å²) < 4.78 is 51.1. The summed E-state index contributed by atoms with van der Waals surface area (Å²) in [6.45, 7) is 1.19. The summed E-state index contributed by atoms with van der Waals surface area (Å²) in [5.74, 6) is -0.397. The number of hydrogen-bond donors (Lipinski definition) is 2. The molecule has 0 bridgehead atoms. The number of halogens is 3. The Kier molecular flexibility index (Phi) is 5.49. The van der Waals surface area contributed by atoms with Gasteiger partial charge in [0, 0.05) is 30.9 Å². The molecule has 2 aromatic rings. The Morgan fingerprint density at radius 3 is 2.61 bits per heavy atom. The second kappa shape index (κ2) is 8.11. The van der Waals surface area contributed by atoms with Gasteiger partial charge in [0.2, 0.25) is 11.9 Å². The highest BCUT2D eigenvalue weighted by Crippen LogP contribution is 2.36. The van der Waals surface area contributed by atoms with Crippen LogP contribution in [0.5, 0.6) is 0 Å². The van der Waals surface area contributed by atoms with Crippen LogP contribution in [0.15, 0.2) is 12.3 Å². The molecule has 2 aromatic heterocycles. The summed E-state index contributed by atoms with van der Waals surface area (Å²) in [6, 6.07) is 1.22. The molecule has 0 aliphatic carbocycles. The molecule has 3 N–H and O–H groups in total. The summed E-state index contributed by atoms with van der Waals surface area (Å²) >= 11 is 0. The number of nitrogen functional groups attached to an aromatic ring is 1. The van der Waals surface area contributed by atoms with Gasteiger partial charge < -0.3 is 25.2 Å². The number of aromatic nitrogens is 4. The van der Waals surface area contributed by atoms with Crippen molar-refractivity contribution in [3.63, 3.8) is 0 Å². The summed E-state index contributed by atoms with van der Waals surface area (Å²) in [5, 5.41) is 9.28. The zero-order chi connectivity index (χ0) is 22.2. The van der Waals surface area contributed by atoms with Crippen LogP contribution in [0.3, 0.4) is 0 Å². The number of aliphatic hydroxyl groups excluding tert-OH is 1. The number of rotatable bonds is 4. The predicted molar refractivity (Wildman–Crippen MR) is 100 cm³/mol. The fourth-order valence-electron chi connectivity index (χ4n) is 3.21. The van der Waals surface area contributed by atoms with Crippen molar-refractivity contribution in [3.05, 3.63) is 18.0 Å². The van der Waals surface area contributed by atoms with E-state index in [-0.39, 0.29) is 24.0 Å². The van der Waals surface area contributed by atoms with Gasteiger partial charge in [0.25, 0.3) is 0 Å². The quantitative estimate of drug-likeness (QED) is 0.696. The number of morpholine rings is 1. The Hall–Kier alpha value is -3.26. The lowest BCUT2D eigenvalue weighted by Crippen LogP contribution is -2.38. The Balaban J connectivity index is 1.84. The first-order chi connectivity index (χ1) is 14.8. The minimum atomic E-state index is -4.81. The molecule has 2 fully saturated rings. The van der Waals surface area contributed by atoms with Crippen molar-refractivity contribution in [2.45, 2.75) is 12.3 Å². The van der Waals surface area contributed by atoms with Gasteiger partial charge in [-0.25, -0.2) is 19.7 Å². The molecule has 11 nitrogen and oxygen atoms in total. The number of aliphatic hydroxyl groups is 1. The molecular weight excluding hydrogens is 423 g/mol. The average Bonchev–Trinajstić information content (AvgIpc) is 3.14. The highest BCUT2D eigenvalue weighted by Gasteiger charge is 2.38. The molecule has 0 radical (unpaired) electrons. The van der Waals surface area contributed by atoms with Crippen LogP contribution < -0.4 is 15.5 Å². The van der Waals surface area contributed by atoms with Crippen LogP contribution in [-0.2, 0) is 15.7 Å². The van der Waals surface area contributed by atoms with Crippen molar-refractivity contribution in [1.29, 1.82) is 0 Å². The number of alkyl halides is 3. The molecule has 0 aromatic carbocycles. The third-order valence-corrected chi connectivity index (χ3v) is 4.70. The summed E-state index contributed by atoms with van der Waals surface area (Å²) in [6.07, 6.45) is -5.44. The highest BCUT2D eigenvalue weighted by molar-refractivity contribution is 5.89. The maximum absolute atomic E-state index is 13.6. The van der Waals surface area contributed by atoms with E-state index >= 15 is 0 Å².